The highest BCUT2D eigenvalue weighted by molar-refractivity contribution is 5.47. The summed E-state index contributed by atoms with van der Waals surface area (Å²) in [4.78, 5) is 7.68. The number of aryl methyl sites for hydroxylation is 1. The fourth-order valence-electron chi connectivity index (χ4n) is 4.52. The molecule has 4 N–H and O–H groups in total. The molecule has 174 valence electrons. The lowest BCUT2D eigenvalue weighted by Gasteiger charge is -2.26. The molecule has 0 saturated carbocycles. The Morgan fingerprint density at radius 1 is 0.515 bits per heavy atom. The monoisotopic (exact) mass is 443 g/mol. The van der Waals surface area contributed by atoms with E-state index in [1.807, 2.05) is 24.3 Å². The van der Waals surface area contributed by atoms with E-state index in [0.717, 1.165) is 70.3 Å². The van der Waals surface area contributed by atoms with Crippen molar-refractivity contribution in [3.63, 3.8) is 0 Å². The van der Waals surface area contributed by atoms with Crippen LogP contribution in [-0.2, 0) is 19.6 Å². The van der Waals surface area contributed by atoms with Crippen LogP contribution in [0, 0.1) is 6.92 Å². The topological polar surface area (TPSA) is 61.8 Å². The van der Waals surface area contributed by atoms with Gasteiger partial charge in [0.2, 0.25) is 0 Å². The molecule has 0 radical (unpaired) electrons. The van der Waals surface area contributed by atoms with E-state index in [1.54, 1.807) is 0 Å². The van der Waals surface area contributed by atoms with E-state index in [0.29, 0.717) is 0 Å². The van der Waals surface area contributed by atoms with Crippen molar-refractivity contribution in [1.82, 2.24) is 14.7 Å². The summed E-state index contributed by atoms with van der Waals surface area (Å²) in [6.07, 6.45) is 0. The van der Waals surface area contributed by atoms with E-state index in [-0.39, 0.29) is 0 Å². The number of nitrogens with zero attached hydrogens (tertiary/aromatic N) is 3. The Kier molecular flexibility index (Phi) is 8.00. The Hall–Kier alpha value is -2.86. The Morgan fingerprint density at radius 3 is 1.24 bits per heavy atom. The normalized spacial score (nSPS) is 16.8. The largest absolute Gasteiger partial charge is 0.398 e. The van der Waals surface area contributed by atoms with Crippen molar-refractivity contribution in [2.75, 3.05) is 50.7 Å². The van der Waals surface area contributed by atoms with Crippen molar-refractivity contribution < 1.29 is 0 Å². The first kappa shape index (κ1) is 23.3. The Labute approximate surface area is 198 Å². The summed E-state index contributed by atoms with van der Waals surface area (Å²) in [6.45, 7) is 11.1. The number of anilines is 2. The minimum absolute atomic E-state index is 0.878. The van der Waals surface area contributed by atoms with E-state index >= 15 is 0 Å². The molecule has 3 aromatic rings. The van der Waals surface area contributed by atoms with Crippen LogP contribution in [0.15, 0.2) is 72.8 Å². The molecule has 1 saturated heterocycles. The number of hydrogen-bond acceptors (Lipinski definition) is 5. The molecule has 4 rings (SSSR count). The van der Waals surface area contributed by atoms with Gasteiger partial charge in [0.05, 0.1) is 0 Å². The average molecular weight is 444 g/mol. The van der Waals surface area contributed by atoms with Crippen LogP contribution in [0.3, 0.4) is 0 Å². The van der Waals surface area contributed by atoms with E-state index in [1.165, 1.54) is 22.3 Å². The van der Waals surface area contributed by atoms with Gasteiger partial charge in [0, 0.05) is 70.3 Å². The number of benzene rings is 3. The standard InChI is InChI=1S/C28H37N5/c1-23-8-2-3-9-24(23)20-31-14-16-32(21-25-10-4-6-12-27(25)29)18-19-33(17-15-31)22-26-11-5-7-13-28(26)30/h2-13H,14-22,29-30H2,1H3. The zero-order chi connectivity index (χ0) is 23.0. The summed E-state index contributed by atoms with van der Waals surface area (Å²) >= 11 is 0. The zero-order valence-electron chi connectivity index (χ0n) is 19.8. The molecule has 5 heteroatoms. The molecular formula is C28H37N5. The Bertz CT molecular complexity index is 890. The number of nitrogen functional groups attached to an aromatic ring is 2. The van der Waals surface area contributed by atoms with Gasteiger partial charge in [-0.3, -0.25) is 14.7 Å². The summed E-state index contributed by atoms with van der Waals surface area (Å²) in [6, 6.07) is 25.2. The highest BCUT2D eigenvalue weighted by Crippen LogP contribution is 2.18. The van der Waals surface area contributed by atoms with Crippen LogP contribution >= 0.6 is 0 Å². The van der Waals surface area contributed by atoms with Crippen LogP contribution < -0.4 is 11.5 Å². The molecule has 0 unspecified atom stereocenters. The predicted octanol–water partition coefficient (Wildman–Crippen LogP) is 3.98. The lowest BCUT2D eigenvalue weighted by Crippen LogP contribution is -2.35. The van der Waals surface area contributed by atoms with E-state index in [4.69, 9.17) is 11.5 Å². The predicted molar refractivity (Wildman–Crippen MR) is 139 cm³/mol. The number of rotatable bonds is 6. The third kappa shape index (κ3) is 6.57. The summed E-state index contributed by atoms with van der Waals surface area (Å²) < 4.78 is 0. The van der Waals surface area contributed by atoms with Gasteiger partial charge in [-0.15, -0.1) is 0 Å². The molecule has 1 heterocycles. The maximum absolute atomic E-state index is 6.27. The second kappa shape index (κ2) is 11.3. The van der Waals surface area contributed by atoms with Crippen LogP contribution in [-0.4, -0.2) is 54.0 Å². The number of hydrogen-bond donors (Lipinski definition) is 2. The van der Waals surface area contributed by atoms with Crippen LogP contribution in [0.25, 0.3) is 0 Å². The molecule has 1 fully saturated rings. The fraction of sp³-hybridized carbons (Fsp3) is 0.357. The third-order valence-electron chi connectivity index (χ3n) is 6.75. The number of nitrogens with two attached hydrogens (primary N) is 2. The van der Waals surface area contributed by atoms with Crippen LogP contribution in [0.4, 0.5) is 11.4 Å². The summed E-state index contributed by atoms with van der Waals surface area (Å²) in [7, 11) is 0. The molecular weight excluding hydrogens is 406 g/mol. The highest BCUT2D eigenvalue weighted by Gasteiger charge is 2.18. The average Bonchev–Trinajstić information content (AvgIpc) is 2.90. The van der Waals surface area contributed by atoms with Crippen LogP contribution in [0.1, 0.15) is 22.3 Å². The molecule has 0 bridgehead atoms. The fourth-order valence-corrected chi connectivity index (χ4v) is 4.52. The quantitative estimate of drug-likeness (QED) is 0.565. The lowest BCUT2D eigenvalue weighted by molar-refractivity contribution is 0.209. The van der Waals surface area contributed by atoms with Gasteiger partial charge in [0.25, 0.3) is 0 Å². The second-order valence-corrected chi connectivity index (χ2v) is 9.15. The van der Waals surface area contributed by atoms with E-state index in [2.05, 4.69) is 70.2 Å². The molecule has 5 nitrogen and oxygen atoms in total. The Balaban J connectivity index is 1.51. The lowest BCUT2D eigenvalue weighted by atomic mass is 10.1. The molecule has 0 spiro atoms. The minimum Gasteiger partial charge on any atom is -0.398 e. The number of para-hydroxylation sites is 2. The van der Waals surface area contributed by atoms with Gasteiger partial charge in [-0.05, 0) is 41.3 Å². The van der Waals surface area contributed by atoms with Crippen molar-refractivity contribution in [3.8, 4) is 0 Å². The summed E-state index contributed by atoms with van der Waals surface area (Å²) in [5.41, 5.74) is 19.5. The van der Waals surface area contributed by atoms with Crippen molar-refractivity contribution in [2.24, 2.45) is 0 Å². The van der Waals surface area contributed by atoms with Crippen molar-refractivity contribution in [1.29, 1.82) is 0 Å². The molecule has 0 atom stereocenters. The van der Waals surface area contributed by atoms with Gasteiger partial charge < -0.3 is 11.5 Å². The van der Waals surface area contributed by atoms with Gasteiger partial charge in [-0.2, -0.15) is 0 Å². The molecule has 0 aromatic heterocycles. The molecule has 33 heavy (non-hydrogen) atoms. The van der Waals surface area contributed by atoms with Gasteiger partial charge in [0.15, 0.2) is 0 Å². The van der Waals surface area contributed by atoms with Gasteiger partial charge in [0.1, 0.15) is 0 Å². The van der Waals surface area contributed by atoms with Crippen LogP contribution in [0.2, 0.25) is 0 Å². The van der Waals surface area contributed by atoms with Gasteiger partial charge in [-0.1, -0.05) is 60.7 Å². The summed E-state index contributed by atoms with van der Waals surface area (Å²) in [5, 5.41) is 0. The van der Waals surface area contributed by atoms with Crippen molar-refractivity contribution >= 4 is 11.4 Å². The van der Waals surface area contributed by atoms with Gasteiger partial charge in [-0.25, -0.2) is 0 Å². The first-order valence-corrected chi connectivity index (χ1v) is 12.0. The first-order valence-electron chi connectivity index (χ1n) is 12.0. The summed E-state index contributed by atoms with van der Waals surface area (Å²) in [5.74, 6) is 0. The molecule has 0 amide bonds. The molecule has 3 aromatic carbocycles. The van der Waals surface area contributed by atoms with E-state index in [9.17, 15) is 0 Å². The van der Waals surface area contributed by atoms with Gasteiger partial charge >= 0.3 is 0 Å². The molecule has 0 aliphatic carbocycles. The SMILES string of the molecule is Cc1ccccc1CN1CCN(Cc2ccccc2N)CCN(Cc2ccccc2N)CC1. The maximum Gasteiger partial charge on any atom is 0.0359 e. The second-order valence-electron chi connectivity index (χ2n) is 9.15. The Morgan fingerprint density at radius 2 is 0.848 bits per heavy atom. The zero-order valence-corrected chi connectivity index (χ0v) is 19.8. The minimum atomic E-state index is 0.878. The molecule has 1 aliphatic rings. The smallest absolute Gasteiger partial charge is 0.0359 e. The first-order chi connectivity index (χ1) is 16.1. The third-order valence-corrected chi connectivity index (χ3v) is 6.75. The van der Waals surface area contributed by atoms with Crippen molar-refractivity contribution in [3.05, 3.63) is 95.1 Å². The maximum atomic E-state index is 6.27. The van der Waals surface area contributed by atoms with Crippen molar-refractivity contribution in [2.45, 2.75) is 26.6 Å². The highest BCUT2D eigenvalue weighted by atomic mass is 15.3. The molecule has 1 aliphatic heterocycles. The van der Waals surface area contributed by atoms with Crippen LogP contribution in [0.5, 0.6) is 0 Å². The van der Waals surface area contributed by atoms with E-state index < -0.39 is 0 Å².